The van der Waals surface area contributed by atoms with Gasteiger partial charge in [-0.3, -0.25) is 4.79 Å². The number of halogens is 1. The molecule has 0 aliphatic carbocycles. The zero-order valence-corrected chi connectivity index (χ0v) is 16.2. The maximum atomic E-state index is 12.5. The second-order valence-electron chi connectivity index (χ2n) is 5.56. The van der Waals surface area contributed by atoms with Gasteiger partial charge in [0.2, 0.25) is 5.44 Å². The lowest BCUT2D eigenvalue weighted by atomic mass is 10.1. The highest BCUT2D eigenvalue weighted by molar-refractivity contribution is 7.99. The lowest BCUT2D eigenvalue weighted by Gasteiger charge is -2.24. The van der Waals surface area contributed by atoms with Gasteiger partial charge in [-0.05, 0) is 43.0 Å². The minimum Gasteiger partial charge on any atom is -0.470 e. The SMILES string of the molecule is CO/N=C/C(C)(C)NC(=O)C(Oc1cc(Cl)c2sccc2c1)SC. The van der Waals surface area contributed by atoms with Crippen molar-refractivity contribution in [2.24, 2.45) is 5.16 Å². The van der Waals surface area contributed by atoms with Gasteiger partial charge in [0.05, 0.1) is 21.5 Å². The summed E-state index contributed by atoms with van der Waals surface area (Å²) in [5, 5.41) is 10.1. The van der Waals surface area contributed by atoms with Crippen molar-refractivity contribution in [3.05, 3.63) is 28.6 Å². The van der Waals surface area contributed by atoms with Gasteiger partial charge in [0.15, 0.2) is 0 Å². The molecule has 24 heavy (non-hydrogen) atoms. The number of nitrogens with one attached hydrogen (secondary N) is 1. The maximum absolute atomic E-state index is 12.5. The fourth-order valence-corrected chi connectivity index (χ4v) is 3.62. The van der Waals surface area contributed by atoms with Gasteiger partial charge in [-0.15, -0.1) is 23.1 Å². The van der Waals surface area contributed by atoms with Gasteiger partial charge in [0.1, 0.15) is 12.9 Å². The van der Waals surface area contributed by atoms with E-state index in [4.69, 9.17) is 16.3 Å². The Labute approximate surface area is 154 Å². The number of oxime groups is 1. The Morgan fingerprint density at radius 3 is 2.92 bits per heavy atom. The summed E-state index contributed by atoms with van der Waals surface area (Å²) in [5.74, 6) is 0.306. The van der Waals surface area contributed by atoms with Crippen molar-refractivity contribution < 1.29 is 14.4 Å². The fourth-order valence-electron chi connectivity index (χ4n) is 2.01. The first-order valence-corrected chi connectivity index (χ1v) is 9.67. The predicted molar refractivity (Wildman–Crippen MR) is 102 cm³/mol. The quantitative estimate of drug-likeness (QED) is 0.441. The molecule has 2 rings (SSSR count). The smallest absolute Gasteiger partial charge is 0.272 e. The molecule has 8 heteroatoms. The van der Waals surface area contributed by atoms with Crippen LogP contribution in [0, 0.1) is 0 Å². The van der Waals surface area contributed by atoms with Gasteiger partial charge >= 0.3 is 0 Å². The molecule has 0 saturated carbocycles. The van der Waals surface area contributed by atoms with Gasteiger partial charge < -0.3 is 14.9 Å². The van der Waals surface area contributed by atoms with E-state index in [0.717, 1.165) is 10.1 Å². The van der Waals surface area contributed by atoms with Crippen LogP contribution in [0.2, 0.25) is 5.02 Å². The van der Waals surface area contributed by atoms with Gasteiger partial charge in [-0.2, -0.15) is 0 Å². The van der Waals surface area contributed by atoms with E-state index in [1.807, 2.05) is 37.6 Å². The molecule has 1 amide bonds. The summed E-state index contributed by atoms with van der Waals surface area (Å²) in [5.41, 5.74) is -1.35. The number of amides is 1. The van der Waals surface area contributed by atoms with Crippen LogP contribution in [0.4, 0.5) is 0 Å². The molecule has 2 aromatic rings. The minimum absolute atomic E-state index is 0.253. The van der Waals surface area contributed by atoms with Crippen molar-refractivity contribution >= 4 is 56.9 Å². The Balaban J connectivity index is 2.12. The first-order chi connectivity index (χ1) is 11.4. The van der Waals surface area contributed by atoms with E-state index < -0.39 is 11.0 Å². The molecule has 0 spiro atoms. The van der Waals surface area contributed by atoms with Crippen molar-refractivity contribution in [1.82, 2.24) is 5.32 Å². The Hall–Kier alpha value is -1.44. The van der Waals surface area contributed by atoms with Crippen molar-refractivity contribution in [2.75, 3.05) is 13.4 Å². The number of benzene rings is 1. The molecule has 0 fully saturated rings. The first-order valence-electron chi connectivity index (χ1n) is 7.12. The van der Waals surface area contributed by atoms with Crippen LogP contribution in [-0.4, -0.2) is 36.5 Å². The Kier molecular flexibility index (Phi) is 6.37. The van der Waals surface area contributed by atoms with E-state index in [0.29, 0.717) is 10.8 Å². The average Bonchev–Trinajstić information content (AvgIpc) is 2.99. The third-order valence-electron chi connectivity index (χ3n) is 3.08. The molecule has 1 aromatic carbocycles. The molecule has 0 aliphatic heterocycles. The van der Waals surface area contributed by atoms with Crippen LogP contribution in [0.1, 0.15) is 13.8 Å². The number of rotatable bonds is 7. The number of hydrogen-bond donors (Lipinski definition) is 1. The maximum Gasteiger partial charge on any atom is 0.272 e. The minimum atomic E-state index is -0.702. The Morgan fingerprint density at radius 2 is 2.25 bits per heavy atom. The highest BCUT2D eigenvalue weighted by Crippen LogP contribution is 2.33. The average molecular weight is 387 g/mol. The molecule has 0 aliphatic rings. The Morgan fingerprint density at radius 1 is 1.50 bits per heavy atom. The van der Waals surface area contributed by atoms with E-state index >= 15 is 0 Å². The second-order valence-corrected chi connectivity index (χ2v) is 7.78. The molecule has 1 aromatic heterocycles. The van der Waals surface area contributed by atoms with Crippen LogP contribution in [0.3, 0.4) is 0 Å². The molecule has 0 saturated heterocycles. The van der Waals surface area contributed by atoms with Crippen molar-refractivity contribution in [1.29, 1.82) is 0 Å². The van der Waals surface area contributed by atoms with Crippen LogP contribution in [0.25, 0.3) is 10.1 Å². The van der Waals surface area contributed by atoms with Crippen LogP contribution < -0.4 is 10.1 Å². The largest absolute Gasteiger partial charge is 0.470 e. The summed E-state index contributed by atoms with van der Waals surface area (Å²) < 4.78 is 6.84. The number of thiophene rings is 1. The van der Waals surface area contributed by atoms with E-state index in [9.17, 15) is 4.79 Å². The van der Waals surface area contributed by atoms with Crippen LogP contribution in [0.5, 0.6) is 5.75 Å². The molecular formula is C16H19ClN2O3S2. The molecule has 1 heterocycles. The van der Waals surface area contributed by atoms with Crippen LogP contribution >= 0.6 is 34.7 Å². The molecular weight excluding hydrogens is 368 g/mol. The topological polar surface area (TPSA) is 59.9 Å². The predicted octanol–water partition coefficient (Wildman–Crippen LogP) is 4.15. The molecule has 0 bridgehead atoms. The number of nitrogens with zero attached hydrogens (tertiary/aromatic N) is 1. The van der Waals surface area contributed by atoms with Crippen molar-refractivity contribution in [3.63, 3.8) is 0 Å². The number of carbonyl (C=O) groups excluding carboxylic acids is 1. The highest BCUT2D eigenvalue weighted by Gasteiger charge is 2.26. The monoisotopic (exact) mass is 386 g/mol. The number of hydrogen-bond acceptors (Lipinski definition) is 6. The van der Waals surface area contributed by atoms with Crippen LogP contribution in [0.15, 0.2) is 28.7 Å². The standard InChI is InChI=1S/C16H19ClN2O3S2/c1-16(2,9-18-21-3)19-14(20)15(23-4)22-11-7-10-5-6-24-13(10)12(17)8-11/h5-9,15H,1-4H3,(H,19,20)/b18-9+. The molecule has 5 nitrogen and oxygen atoms in total. The van der Waals surface area contributed by atoms with Gasteiger partial charge in [-0.1, -0.05) is 16.8 Å². The highest BCUT2D eigenvalue weighted by atomic mass is 35.5. The summed E-state index contributed by atoms with van der Waals surface area (Å²) in [6, 6.07) is 5.58. The molecule has 1 N–H and O–H groups in total. The lowest BCUT2D eigenvalue weighted by molar-refractivity contribution is -0.125. The number of fused-ring (bicyclic) bond motifs is 1. The van der Waals surface area contributed by atoms with E-state index in [1.54, 1.807) is 17.4 Å². The fraction of sp³-hybridized carbons (Fsp3) is 0.375. The summed E-state index contributed by atoms with van der Waals surface area (Å²) in [6.45, 7) is 3.64. The van der Waals surface area contributed by atoms with Gasteiger partial charge in [0, 0.05) is 6.07 Å². The third kappa shape index (κ3) is 4.78. The summed E-state index contributed by atoms with van der Waals surface area (Å²) in [4.78, 5) is 17.1. The number of carbonyl (C=O) groups is 1. The summed E-state index contributed by atoms with van der Waals surface area (Å²) >= 11 is 9.14. The molecule has 1 unspecified atom stereocenters. The zero-order chi connectivity index (χ0) is 17.7. The second kappa shape index (κ2) is 8.09. The normalized spacial score (nSPS) is 13.2. The van der Waals surface area contributed by atoms with Gasteiger partial charge in [-0.25, -0.2) is 0 Å². The molecule has 130 valence electrons. The van der Waals surface area contributed by atoms with Gasteiger partial charge in [0.25, 0.3) is 5.91 Å². The summed E-state index contributed by atoms with van der Waals surface area (Å²) in [6.07, 6.45) is 3.34. The number of thioether (sulfide) groups is 1. The Bertz CT molecular complexity index is 746. The van der Waals surface area contributed by atoms with Crippen LogP contribution in [-0.2, 0) is 9.63 Å². The lowest BCUT2D eigenvalue weighted by Crippen LogP contribution is -2.49. The molecule has 1 atom stereocenters. The van der Waals surface area contributed by atoms with Crippen molar-refractivity contribution in [2.45, 2.75) is 24.8 Å². The zero-order valence-electron chi connectivity index (χ0n) is 13.8. The van der Waals surface area contributed by atoms with E-state index in [-0.39, 0.29) is 5.91 Å². The van der Waals surface area contributed by atoms with Crippen molar-refractivity contribution in [3.8, 4) is 5.75 Å². The van der Waals surface area contributed by atoms with E-state index in [2.05, 4.69) is 15.3 Å². The van der Waals surface area contributed by atoms with E-state index in [1.165, 1.54) is 25.1 Å². The number of ether oxygens (including phenoxy) is 1. The molecule has 0 radical (unpaired) electrons. The third-order valence-corrected chi connectivity index (χ3v) is 5.19. The first kappa shape index (κ1) is 18.9. The summed E-state index contributed by atoms with van der Waals surface area (Å²) in [7, 11) is 1.45.